The summed E-state index contributed by atoms with van der Waals surface area (Å²) in [5.41, 5.74) is 4.13. The Morgan fingerprint density at radius 2 is 1.55 bits per heavy atom. The minimum Gasteiger partial charge on any atom is -0.322 e. The van der Waals surface area contributed by atoms with Gasteiger partial charge >= 0.3 is 0 Å². The molecular formula is C25H18N4O4. The minimum atomic E-state index is -0.563. The fourth-order valence-electron chi connectivity index (χ4n) is 3.19. The van der Waals surface area contributed by atoms with Gasteiger partial charge in [-0.1, -0.05) is 42.5 Å². The monoisotopic (exact) mass is 438 g/mol. The van der Waals surface area contributed by atoms with Crippen LogP contribution in [0.5, 0.6) is 0 Å². The summed E-state index contributed by atoms with van der Waals surface area (Å²) in [6, 6.07) is 25.5. The third-order valence-electron chi connectivity index (χ3n) is 4.88. The zero-order valence-electron chi connectivity index (χ0n) is 17.3. The molecule has 2 N–H and O–H groups in total. The van der Waals surface area contributed by atoms with Crippen molar-refractivity contribution in [1.82, 2.24) is 5.43 Å². The van der Waals surface area contributed by atoms with Gasteiger partial charge in [-0.15, -0.1) is 0 Å². The molecule has 0 heterocycles. The van der Waals surface area contributed by atoms with E-state index in [2.05, 4.69) is 15.8 Å². The Morgan fingerprint density at radius 1 is 0.788 bits per heavy atom. The van der Waals surface area contributed by atoms with E-state index in [4.69, 9.17) is 0 Å². The lowest BCUT2D eigenvalue weighted by atomic mass is 10.1. The molecule has 2 amide bonds. The smallest absolute Gasteiger partial charge is 0.271 e. The van der Waals surface area contributed by atoms with Crippen LogP contribution >= 0.6 is 0 Å². The van der Waals surface area contributed by atoms with Crippen LogP contribution in [-0.2, 0) is 0 Å². The van der Waals surface area contributed by atoms with E-state index in [1.807, 2.05) is 42.5 Å². The van der Waals surface area contributed by atoms with E-state index in [1.165, 1.54) is 24.3 Å². The van der Waals surface area contributed by atoms with Gasteiger partial charge in [-0.3, -0.25) is 19.7 Å². The zero-order valence-corrected chi connectivity index (χ0v) is 17.3. The largest absolute Gasteiger partial charge is 0.322 e. The summed E-state index contributed by atoms with van der Waals surface area (Å²) >= 11 is 0. The second-order valence-corrected chi connectivity index (χ2v) is 7.14. The van der Waals surface area contributed by atoms with Crippen molar-refractivity contribution in [3.8, 4) is 0 Å². The number of nitrogens with one attached hydrogen (secondary N) is 2. The zero-order chi connectivity index (χ0) is 23.2. The molecule has 4 aromatic rings. The molecule has 0 aliphatic rings. The van der Waals surface area contributed by atoms with Crippen LogP contribution in [0.3, 0.4) is 0 Å². The van der Waals surface area contributed by atoms with Gasteiger partial charge in [-0.05, 0) is 52.7 Å². The molecule has 0 bridgehead atoms. The number of anilines is 1. The van der Waals surface area contributed by atoms with Gasteiger partial charge in [0.1, 0.15) is 0 Å². The lowest BCUT2D eigenvalue weighted by molar-refractivity contribution is -0.384. The average Bonchev–Trinajstić information content (AvgIpc) is 2.84. The van der Waals surface area contributed by atoms with Gasteiger partial charge in [0.05, 0.1) is 11.1 Å². The standard InChI is InChI=1S/C25H18N4O4/c30-24(21-6-3-7-23(15-21)29(32)33)27-22-12-10-19(11-13-22)25(31)28-26-16-17-8-9-18-4-1-2-5-20(18)14-17/h1-16H,(H,27,30)(H,28,31). The normalized spacial score (nSPS) is 10.8. The Hall–Kier alpha value is -4.85. The fraction of sp³-hybridized carbons (Fsp3) is 0. The first-order chi connectivity index (χ1) is 16.0. The summed E-state index contributed by atoms with van der Waals surface area (Å²) in [6.45, 7) is 0. The Bertz CT molecular complexity index is 1380. The maximum atomic E-state index is 12.3. The Labute approximate surface area is 188 Å². The minimum absolute atomic E-state index is 0.161. The fourth-order valence-corrected chi connectivity index (χ4v) is 3.19. The van der Waals surface area contributed by atoms with Crippen LogP contribution in [0.4, 0.5) is 11.4 Å². The van der Waals surface area contributed by atoms with Crippen LogP contribution < -0.4 is 10.7 Å². The molecule has 0 unspecified atom stereocenters. The molecule has 0 spiro atoms. The van der Waals surface area contributed by atoms with Gasteiger partial charge < -0.3 is 5.32 Å². The molecule has 8 nitrogen and oxygen atoms in total. The summed E-state index contributed by atoms with van der Waals surface area (Å²) in [5.74, 6) is -0.889. The number of nitro benzene ring substituents is 1. The molecular weight excluding hydrogens is 420 g/mol. The van der Waals surface area contributed by atoms with E-state index >= 15 is 0 Å². The Balaban J connectivity index is 1.36. The Morgan fingerprint density at radius 3 is 2.30 bits per heavy atom. The molecule has 8 heteroatoms. The highest BCUT2D eigenvalue weighted by Gasteiger charge is 2.12. The highest BCUT2D eigenvalue weighted by Crippen LogP contribution is 2.16. The van der Waals surface area contributed by atoms with Crippen molar-refractivity contribution in [2.75, 3.05) is 5.32 Å². The molecule has 0 saturated carbocycles. The van der Waals surface area contributed by atoms with Crippen LogP contribution in [0.2, 0.25) is 0 Å². The third-order valence-corrected chi connectivity index (χ3v) is 4.88. The second kappa shape index (κ2) is 9.52. The Kier molecular flexibility index (Phi) is 6.17. The van der Waals surface area contributed by atoms with Crippen LogP contribution in [0.15, 0.2) is 96.1 Å². The van der Waals surface area contributed by atoms with E-state index < -0.39 is 16.7 Å². The maximum Gasteiger partial charge on any atom is 0.271 e. The summed E-state index contributed by atoms with van der Waals surface area (Å²) in [4.78, 5) is 35.0. The first kappa shape index (κ1) is 21.4. The number of carbonyl (C=O) groups excluding carboxylic acids is 2. The third kappa shape index (κ3) is 5.26. The van der Waals surface area contributed by atoms with Crippen LogP contribution in [0.25, 0.3) is 10.8 Å². The number of hydrazone groups is 1. The molecule has 33 heavy (non-hydrogen) atoms. The summed E-state index contributed by atoms with van der Waals surface area (Å²) in [7, 11) is 0. The van der Waals surface area contributed by atoms with Crippen molar-refractivity contribution in [2.24, 2.45) is 5.10 Å². The molecule has 4 rings (SSSR count). The van der Waals surface area contributed by atoms with Crippen LogP contribution in [0, 0.1) is 10.1 Å². The average molecular weight is 438 g/mol. The molecule has 4 aromatic carbocycles. The van der Waals surface area contributed by atoms with Gasteiger partial charge in [0, 0.05) is 28.9 Å². The summed E-state index contributed by atoms with van der Waals surface area (Å²) in [5, 5.41) is 19.7. The number of amides is 2. The van der Waals surface area contributed by atoms with Gasteiger partial charge in [0.25, 0.3) is 17.5 Å². The molecule has 162 valence electrons. The SMILES string of the molecule is O=C(NN=Cc1ccc2ccccc2c1)c1ccc(NC(=O)c2cccc([N+](=O)[O-])c2)cc1. The molecule has 0 fully saturated rings. The van der Waals surface area contributed by atoms with Gasteiger partial charge in [-0.25, -0.2) is 5.43 Å². The van der Waals surface area contributed by atoms with Crippen LogP contribution in [0.1, 0.15) is 26.3 Å². The molecule has 0 saturated heterocycles. The van der Waals surface area contributed by atoms with Crippen molar-refractivity contribution in [3.63, 3.8) is 0 Å². The van der Waals surface area contributed by atoms with E-state index in [9.17, 15) is 19.7 Å². The van der Waals surface area contributed by atoms with Gasteiger partial charge in [0.15, 0.2) is 0 Å². The van der Waals surface area contributed by atoms with Gasteiger partial charge in [-0.2, -0.15) is 5.10 Å². The lowest BCUT2D eigenvalue weighted by Crippen LogP contribution is -2.18. The van der Waals surface area contributed by atoms with E-state index in [0.29, 0.717) is 11.3 Å². The number of rotatable bonds is 6. The number of carbonyl (C=O) groups is 2. The molecule has 0 aromatic heterocycles. The number of nitrogens with zero attached hydrogens (tertiary/aromatic N) is 2. The van der Waals surface area contributed by atoms with E-state index in [-0.39, 0.29) is 11.3 Å². The van der Waals surface area contributed by atoms with E-state index in [0.717, 1.165) is 16.3 Å². The predicted molar refractivity (Wildman–Crippen MR) is 126 cm³/mol. The van der Waals surface area contributed by atoms with Crippen LogP contribution in [-0.4, -0.2) is 23.0 Å². The molecule has 0 aliphatic heterocycles. The number of nitro groups is 1. The number of benzene rings is 4. The van der Waals surface area contributed by atoms with Crippen molar-refractivity contribution in [1.29, 1.82) is 0 Å². The quantitative estimate of drug-likeness (QED) is 0.256. The van der Waals surface area contributed by atoms with Gasteiger partial charge in [0.2, 0.25) is 0 Å². The lowest BCUT2D eigenvalue weighted by Gasteiger charge is -2.06. The summed E-state index contributed by atoms with van der Waals surface area (Å²) in [6.07, 6.45) is 1.57. The predicted octanol–water partition coefficient (Wildman–Crippen LogP) is 4.76. The van der Waals surface area contributed by atoms with Crippen molar-refractivity contribution < 1.29 is 14.5 Å². The number of hydrogen-bond acceptors (Lipinski definition) is 5. The second-order valence-electron chi connectivity index (χ2n) is 7.14. The summed E-state index contributed by atoms with van der Waals surface area (Å²) < 4.78 is 0. The van der Waals surface area contributed by atoms with Crippen molar-refractivity contribution >= 4 is 40.2 Å². The molecule has 0 aliphatic carbocycles. The number of fused-ring (bicyclic) bond motifs is 1. The number of hydrogen-bond donors (Lipinski definition) is 2. The van der Waals surface area contributed by atoms with Crippen molar-refractivity contribution in [3.05, 3.63) is 118 Å². The highest BCUT2D eigenvalue weighted by molar-refractivity contribution is 6.05. The topological polar surface area (TPSA) is 114 Å². The molecule has 0 radical (unpaired) electrons. The van der Waals surface area contributed by atoms with E-state index in [1.54, 1.807) is 30.5 Å². The van der Waals surface area contributed by atoms with Crippen molar-refractivity contribution in [2.45, 2.75) is 0 Å². The highest BCUT2D eigenvalue weighted by atomic mass is 16.6. The molecule has 0 atom stereocenters. The first-order valence-corrected chi connectivity index (χ1v) is 9.98. The first-order valence-electron chi connectivity index (χ1n) is 9.98. The maximum absolute atomic E-state index is 12.3. The number of non-ortho nitro benzene ring substituents is 1.